The molecular formula is C9H13N3O2S. The van der Waals surface area contributed by atoms with Gasteiger partial charge >= 0.3 is 0 Å². The summed E-state index contributed by atoms with van der Waals surface area (Å²) in [5.41, 5.74) is 7.33. The summed E-state index contributed by atoms with van der Waals surface area (Å²) in [4.78, 5) is 0. The lowest BCUT2D eigenvalue weighted by molar-refractivity contribution is 0.462. The van der Waals surface area contributed by atoms with Gasteiger partial charge < -0.3 is 5.73 Å². The fourth-order valence-electron chi connectivity index (χ4n) is 1.83. The molecule has 0 spiro atoms. The van der Waals surface area contributed by atoms with Crippen LogP contribution in [0, 0.1) is 0 Å². The minimum absolute atomic E-state index is 0.372. The molecule has 5 nitrogen and oxygen atoms in total. The van der Waals surface area contributed by atoms with Gasteiger partial charge in [0.2, 0.25) is 10.0 Å². The molecule has 6 heteroatoms. The van der Waals surface area contributed by atoms with Gasteiger partial charge in [0.05, 0.1) is 6.17 Å². The summed E-state index contributed by atoms with van der Waals surface area (Å²) < 4.78 is 22.7. The van der Waals surface area contributed by atoms with Gasteiger partial charge in [-0.3, -0.25) is 5.32 Å². The van der Waals surface area contributed by atoms with E-state index in [2.05, 4.69) is 5.32 Å². The molecule has 0 amide bonds. The molecule has 0 aliphatic carbocycles. The summed E-state index contributed by atoms with van der Waals surface area (Å²) in [5.74, 6) is 0. The van der Waals surface area contributed by atoms with E-state index in [1.165, 1.54) is 0 Å². The van der Waals surface area contributed by atoms with Gasteiger partial charge in [0, 0.05) is 6.42 Å². The molecule has 0 fully saturated rings. The maximum Gasteiger partial charge on any atom is 0.229 e. The predicted octanol–water partition coefficient (Wildman–Crippen LogP) is -0.596. The fourth-order valence-corrected chi connectivity index (χ4v) is 2.78. The van der Waals surface area contributed by atoms with Crippen LogP contribution in [0.4, 0.5) is 0 Å². The quantitative estimate of drug-likeness (QED) is 0.597. The smallest absolute Gasteiger partial charge is 0.229 e. The van der Waals surface area contributed by atoms with Gasteiger partial charge in [-0.1, -0.05) is 24.3 Å². The Kier molecular flexibility index (Phi) is 2.51. The fraction of sp³-hybridized carbons (Fsp3) is 0.333. The monoisotopic (exact) mass is 227 g/mol. The van der Waals surface area contributed by atoms with Crippen LogP contribution in [-0.2, 0) is 16.4 Å². The van der Waals surface area contributed by atoms with Crippen molar-refractivity contribution in [1.29, 1.82) is 0 Å². The van der Waals surface area contributed by atoms with Gasteiger partial charge in [0.25, 0.3) is 0 Å². The first-order chi connectivity index (χ1) is 6.98. The normalized spacial score (nSPS) is 26.0. The first-order valence-corrected chi connectivity index (χ1v) is 6.20. The van der Waals surface area contributed by atoms with Crippen LogP contribution in [0.3, 0.4) is 0 Å². The molecule has 1 aliphatic rings. The summed E-state index contributed by atoms with van der Waals surface area (Å²) in [6.45, 7) is 0. The number of fused-ring (bicyclic) bond motifs is 1. The Bertz CT molecular complexity index is 472. The number of nitrogens with two attached hydrogens (primary N) is 2. The van der Waals surface area contributed by atoms with E-state index in [0.717, 1.165) is 5.56 Å². The van der Waals surface area contributed by atoms with Crippen LogP contribution in [0.2, 0.25) is 0 Å². The van der Waals surface area contributed by atoms with Crippen LogP contribution >= 0.6 is 0 Å². The minimum atomic E-state index is -3.66. The molecule has 15 heavy (non-hydrogen) atoms. The second kappa shape index (κ2) is 3.57. The van der Waals surface area contributed by atoms with Gasteiger partial charge in [-0.05, 0) is 11.1 Å². The lowest BCUT2D eigenvalue weighted by Gasteiger charge is -2.29. The van der Waals surface area contributed by atoms with Crippen molar-refractivity contribution >= 4 is 10.0 Å². The van der Waals surface area contributed by atoms with Crippen LogP contribution in [0.15, 0.2) is 24.3 Å². The minimum Gasteiger partial charge on any atom is -0.316 e. The number of sulfonamides is 1. The van der Waals surface area contributed by atoms with Crippen molar-refractivity contribution < 1.29 is 8.42 Å². The Balaban J connectivity index is 2.52. The largest absolute Gasteiger partial charge is 0.316 e. The second-order valence-corrected chi connectivity index (χ2v) is 5.29. The lowest BCUT2D eigenvalue weighted by Crippen LogP contribution is -2.49. The maximum atomic E-state index is 11.4. The summed E-state index contributed by atoms with van der Waals surface area (Å²) in [7, 11) is -3.66. The molecule has 82 valence electrons. The van der Waals surface area contributed by atoms with Crippen molar-refractivity contribution in [3.05, 3.63) is 35.4 Å². The van der Waals surface area contributed by atoms with E-state index in [1.807, 2.05) is 12.1 Å². The van der Waals surface area contributed by atoms with E-state index >= 15 is 0 Å². The molecule has 1 aromatic carbocycles. The highest BCUT2D eigenvalue weighted by Crippen LogP contribution is 2.26. The molecule has 0 saturated heterocycles. The Hall–Kier alpha value is -0.950. The van der Waals surface area contributed by atoms with E-state index in [0.29, 0.717) is 12.0 Å². The van der Waals surface area contributed by atoms with Gasteiger partial charge in [-0.2, -0.15) is 0 Å². The number of benzene rings is 1. The summed E-state index contributed by atoms with van der Waals surface area (Å²) in [6, 6.07) is 7.27. The zero-order valence-electron chi connectivity index (χ0n) is 8.05. The van der Waals surface area contributed by atoms with E-state index in [1.54, 1.807) is 12.1 Å². The molecule has 2 rings (SSSR count). The average Bonchev–Trinajstić information content (AvgIpc) is 2.15. The standard InChI is InChI=1S/C9H13N3O2S/c10-8-5-6-3-1-2-4-7(6)9(12-8)15(11,13)14/h1-4,8-9,12H,5,10H2,(H2,11,13,14). The Morgan fingerprint density at radius 2 is 2.00 bits per heavy atom. The number of hydrogen-bond donors (Lipinski definition) is 3. The van der Waals surface area contributed by atoms with Crippen LogP contribution in [0.25, 0.3) is 0 Å². The second-order valence-electron chi connectivity index (χ2n) is 3.65. The first-order valence-electron chi connectivity index (χ1n) is 4.59. The molecule has 1 aliphatic heterocycles. The first kappa shape index (κ1) is 10.6. The molecule has 5 N–H and O–H groups in total. The van der Waals surface area contributed by atoms with Crippen LogP contribution in [0.5, 0.6) is 0 Å². The van der Waals surface area contributed by atoms with Crippen LogP contribution < -0.4 is 16.2 Å². The van der Waals surface area contributed by atoms with Crippen molar-refractivity contribution in [2.24, 2.45) is 10.9 Å². The molecular weight excluding hydrogens is 214 g/mol. The van der Waals surface area contributed by atoms with E-state index < -0.39 is 15.4 Å². The third kappa shape index (κ3) is 2.03. The number of primary sulfonamides is 1. The number of nitrogens with one attached hydrogen (secondary N) is 1. The van der Waals surface area contributed by atoms with E-state index in [9.17, 15) is 8.42 Å². The third-order valence-corrected chi connectivity index (χ3v) is 3.52. The van der Waals surface area contributed by atoms with E-state index in [4.69, 9.17) is 10.9 Å². The third-order valence-electron chi connectivity index (χ3n) is 2.47. The molecule has 2 atom stereocenters. The highest BCUT2D eigenvalue weighted by Gasteiger charge is 2.31. The van der Waals surface area contributed by atoms with Gasteiger partial charge in [0.15, 0.2) is 5.37 Å². The summed E-state index contributed by atoms with van der Waals surface area (Å²) in [6.07, 6.45) is 0.241. The van der Waals surface area contributed by atoms with Gasteiger partial charge in [0.1, 0.15) is 0 Å². The lowest BCUT2D eigenvalue weighted by atomic mass is 9.99. The highest BCUT2D eigenvalue weighted by atomic mass is 32.2. The summed E-state index contributed by atoms with van der Waals surface area (Å²) in [5, 5.41) is 7.03. The molecule has 1 heterocycles. The average molecular weight is 227 g/mol. The predicted molar refractivity (Wildman–Crippen MR) is 57.1 cm³/mol. The topological polar surface area (TPSA) is 98.2 Å². The zero-order valence-corrected chi connectivity index (χ0v) is 8.87. The van der Waals surface area contributed by atoms with Crippen LogP contribution in [-0.4, -0.2) is 14.6 Å². The van der Waals surface area contributed by atoms with Crippen molar-refractivity contribution in [2.45, 2.75) is 18.0 Å². The Morgan fingerprint density at radius 3 is 2.67 bits per heavy atom. The van der Waals surface area contributed by atoms with Crippen molar-refractivity contribution in [3.8, 4) is 0 Å². The van der Waals surface area contributed by atoms with E-state index in [-0.39, 0.29) is 6.17 Å². The Labute approximate surface area is 88.5 Å². The van der Waals surface area contributed by atoms with Gasteiger partial charge in [-0.25, -0.2) is 13.6 Å². The van der Waals surface area contributed by atoms with Gasteiger partial charge in [-0.15, -0.1) is 0 Å². The highest BCUT2D eigenvalue weighted by molar-refractivity contribution is 7.89. The number of rotatable bonds is 1. The molecule has 0 bridgehead atoms. The molecule has 1 aromatic rings. The van der Waals surface area contributed by atoms with Crippen LogP contribution in [0.1, 0.15) is 16.5 Å². The molecule has 0 radical (unpaired) electrons. The maximum absolute atomic E-state index is 11.4. The van der Waals surface area contributed by atoms with Crippen molar-refractivity contribution in [2.75, 3.05) is 0 Å². The number of hydrogen-bond acceptors (Lipinski definition) is 4. The Morgan fingerprint density at radius 1 is 1.33 bits per heavy atom. The SMILES string of the molecule is NC1Cc2ccccc2C(S(N)(=O)=O)N1. The summed E-state index contributed by atoms with van der Waals surface area (Å²) >= 11 is 0. The zero-order chi connectivity index (χ0) is 11.1. The van der Waals surface area contributed by atoms with Crippen molar-refractivity contribution in [1.82, 2.24) is 5.32 Å². The van der Waals surface area contributed by atoms with Crippen molar-refractivity contribution in [3.63, 3.8) is 0 Å². The molecule has 0 saturated carbocycles. The molecule has 0 aromatic heterocycles. The molecule has 2 unspecified atom stereocenters.